The van der Waals surface area contributed by atoms with Crippen molar-refractivity contribution in [3.05, 3.63) is 71.8 Å². The molecule has 0 aromatic heterocycles. The van der Waals surface area contributed by atoms with Gasteiger partial charge in [0.25, 0.3) is 0 Å². The van der Waals surface area contributed by atoms with Gasteiger partial charge in [-0.05, 0) is 49.8 Å². The van der Waals surface area contributed by atoms with Crippen molar-refractivity contribution in [2.75, 3.05) is 32.8 Å². The Hall–Kier alpha value is -2.17. The molecule has 0 aliphatic carbocycles. The van der Waals surface area contributed by atoms with Gasteiger partial charge in [-0.2, -0.15) is 0 Å². The van der Waals surface area contributed by atoms with Crippen LogP contribution in [0, 0.1) is 17.3 Å². The van der Waals surface area contributed by atoms with Crippen molar-refractivity contribution in [3.8, 4) is 0 Å². The number of hydrogen-bond donors (Lipinski definition) is 0. The number of hydrogen-bond acceptors (Lipinski definition) is 4. The van der Waals surface area contributed by atoms with E-state index in [1.807, 2.05) is 6.92 Å². The highest BCUT2D eigenvalue weighted by atomic mass is 16.5. The van der Waals surface area contributed by atoms with Crippen molar-refractivity contribution in [1.29, 1.82) is 0 Å². The minimum atomic E-state index is -0.432. The van der Waals surface area contributed by atoms with Crippen molar-refractivity contribution in [2.45, 2.75) is 33.4 Å². The minimum absolute atomic E-state index is 0.0212. The number of esters is 1. The topological polar surface area (TPSA) is 32.8 Å². The third kappa shape index (κ3) is 4.60. The lowest BCUT2D eigenvalue weighted by molar-refractivity contribution is -0.157. The molecule has 0 saturated carbocycles. The molecule has 0 radical (unpaired) electrons. The summed E-state index contributed by atoms with van der Waals surface area (Å²) < 4.78 is 5.56. The SMILES string of the molecule is CCOC(=O)C1(C)CN(Cc2ccccc2)CC1C1CCN(Cc2ccccc2)C1. The molecule has 4 nitrogen and oxygen atoms in total. The Morgan fingerprint density at radius 1 is 0.967 bits per heavy atom. The zero-order valence-corrected chi connectivity index (χ0v) is 18.3. The molecule has 3 unspecified atom stereocenters. The second kappa shape index (κ2) is 9.32. The molecule has 2 aromatic carbocycles. The second-order valence-corrected chi connectivity index (χ2v) is 9.17. The smallest absolute Gasteiger partial charge is 0.313 e. The van der Waals surface area contributed by atoms with Crippen molar-refractivity contribution in [3.63, 3.8) is 0 Å². The zero-order valence-electron chi connectivity index (χ0n) is 18.3. The molecule has 160 valence electrons. The van der Waals surface area contributed by atoms with Crippen molar-refractivity contribution in [1.82, 2.24) is 9.80 Å². The van der Waals surface area contributed by atoms with Crippen LogP contribution in [0.25, 0.3) is 0 Å². The molecule has 0 amide bonds. The largest absolute Gasteiger partial charge is 0.466 e. The van der Waals surface area contributed by atoms with E-state index < -0.39 is 5.41 Å². The van der Waals surface area contributed by atoms with Gasteiger partial charge in [-0.15, -0.1) is 0 Å². The lowest BCUT2D eigenvalue weighted by Gasteiger charge is -2.32. The Kier molecular flexibility index (Phi) is 6.55. The van der Waals surface area contributed by atoms with Crippen LogP contribution in [0.2, 0.25) is 0 Å². The van der Waals surface area contributed by atoms with Crippen LogP contribution < -0.4 is 0 Å². The molecule has 2 aromatic rings. The summed E-state index contributed by atoms with van der Waals surface area (Å²) in [5.41, 5.74) is 2.24. The maximum atomic E-state index is 13.0. The Morgan fingerprint density at radius 3 is 2.17 bits per heavy atom. The molecule has 0 spiro atoms. The van der Waals surface area contributed by atoms with Gasteiger partial charge in [0.2, 0.25) is 0 Å². The summed E-state index contributed by atoms with van der Waals surface area (Å²) in [4.78, 5) is 18.0. The summed E-state index contributed by atoms with van der Waals surface area (Å²) in [6.07, 6.45) is 1.16. The molecule has 2 aliphatic rings. The summed E-state index contributed by atoms with van der Waals surface area (Å²) in [6.45, 7) is 10.3. The highest BCUT2D eigenvalue weighted by Gasteiger charge is 2.53. The van der Waals surface area contributed by atoms with Gasteiger partial charge in [-0.1, -0.05) is 60.7 Å². The van der Waals surface area contributed by atoms with Gasteiger partial charge < -0.3 is 4.74 Å². The van der Waals surface area contributed by atoms with Crippen LogP contribution in [0.15, 0.2) is 60.7 Å². The molecule has 2 saturated heterocycles. The summed E-state index contributed by atoms with van der Waals surface area (Å²) >= 11 is 0. The minimum Gasteiger partial charge on any atom is -0.466 e. The molecule has 4 rings (SSSR count). The number of carbonyl (C=O) groups excluding carboxylic acids is 1. The molecule has 30 heavy (non-hydrogen) atoms. The lowest BCUT2D eigenvalue weighted by Crippen LogP contribution is -2.41. The van der Waals surface area contributed by atoms with E-state index in [-0.39, 0.29) is 5.97 Å². The summed E-state index contributed by atoms with van der Waals surface area (Å²) in [5.74, 6) is 0.844. The van der Waals surface area contributed by atoms with E-state index in [1.165, 1.54) is 11.1 Å². The van der Waals surface area contributed by atoms with Gasteiger partial charge in [0.15, 0.2) is 0 Å². The first-order valence-electron chi connectivity index (χ1n) is 11.3. The van der Waals surface area contributed by atoms with Crippen LogP contribution in [0.4, 0.5) is 0 Å². The van der Waals surface area contributed by atoms with Crippen LogP contribution in [0.1, 0.15) is 31.4 Å². The van der Waals surface area contributed by atoms with E-state index in [1.54, 1.807) is 0 Å². The summed E-state index contributed by atoms with van der Waals surface area (Å²) in [7, 11) is 0. The number of ether oxygens (including phenoxy) is 1. The first-order chi connectivity index (χ1) is 14.6. The number of likely N-dealkylation sites (tertiary alicyclic amines) is 2. The molecular weight excluding hydrogens is 372 g/mol. The fourth-order valence-corrected chi connectivity index (χ4v) is 5.45. The Labute approximate surface area is 180 Å². The normalized spacial score (nSPS) is 27.4. The van der Waals surface area contributed by atoms with E-state index in [0.717, 1.165) is 45.7 Å². The fourth-order valence-electron chi connectivity index (χ4n) is 5.45. The van der Waals surface area contributed by atoms with Crippen molar-refractivity contribution < 1.29 is 9.53 Å². The Balaban J connectivity index is 1.46. The molecule has 0 N–H and O–H groups in total. The van der Waals surface area contributed by atoms with Crippen LogP contribution >= 0.6 is 0 Å². The van der Waals surface area contributed by atoms with E-state index in [4.69, 9.17) is 4.74 Å². The average molecular weight is 407 g/mol. The van der Waals surface area contributed by atoms with E-state index in [9.17, 15) is 4.79 Å². The maximum absolute atomic E-state index is 13.0. The number of benzene rings is 2. The summed E-state index contributed by atoms with van der Waals surface area (Å²) in [6, 6.07) is 21.3. The van der Waals surface area contributed by atoms with Gasteiger partial charge in [0.1, 0.15) is 0 Å². The monoisotopic (exact) mass is 406 g/mol. The van der Waals surface area contributed by atoms with E-state index >= 15 is 0 Å². The van der Waals surface area contributed by atoms with Gasteiger partial charge in [-0.25, -0.2) is 0 Å². The Morgan fingerprint density at radius 2 is 1.57 bits per heavy atom. The Bertz CT molecular complexity index is 825. The molecule has 3 atom stereocenters. The number of nitrogens with zero attached hydrogens (tertiary/aromatic N) is 2. The van der Waals surface area contributed by atoms with Crippen molar-refractivity contribution >= 4 is 5.97 Å². The van der Waals surface area contributed by atoms with Crippen LogP contribution in [-0.2, 0) is 22.6 Å². The van der Waals surface area contributed by atoms with Crippen LogP contribution in [0.3, 0.4) is 0 Å². The second-order valence-electron chi connectivity index (χ2n) is 9.17. The first kappa shape index (κ1) is 21.1. The quantitative estimate of drug-likeness (QED) is 0.645. The highest BCUT2D eigenvalue weighted by Crippen LogP contribution is 2.45. The maximum Gasteiger partial charge on any atom is 0.313 e. The zero-order chi connectivity index (χ0) is 21.0. The van der Waals surface area contributed by atoms with Gasteiger partial charge in [-0.3, -0.25) is 14.6 Å². The van der Waals surface area contributed by atoms with Crippen LogP contribution in [0.5, 0.6) is 0 Å². The van der Waals surface area contributed by atoms with Crippen LogP contribution in [-0.4, -0.2) is 48.6 Å². The third-order valence-corrected chi connectivity index (χ3v) is 6.94. The average Bonchev–Trinajstić information content (AvgIpc) is 3.34. The van der Waals surface area contributed by atoms with E-state index in [0.29, 0.717) is 18.4 Å². The van der Waals surface area contributed by atoms with Gasteiger partial charge in [0.05, 0.1) is 12.0 Å². The molecule has 2 fully saturated rings. The molecule has 4 heteroatoms. The molecular formula is C26H34N2O2. The summed E-state index contributed by atoms with van der Waals surface area (Å²) in [5, 5.41) is 0. The molecule has 0 bridgehead atoms. The van der Waals surface area contributed by atoms with Gasteiger partial charge in [0, 0.05) is 32.7 Å². The lowest BCUT2D eigenvalue weighted by atomic mass is 9.72. The molecule has 2 aliphatic heterocycles. The number of carbonyl (C=O) groups is 1. The third-order valence-electron chi connectivity index (χ3n) is 6.94. The standard InChI is InChI=1S/C26H34N2O2/c1-3-30-25(29)26(2)20-28(17-22-12-8-5-9-13-22)19-24(26)23-14-15-27(18-23)16-21-10-6-4-7-11-21/h4-13,23-24H,3,14-20H2,1-2H3. The fraction of sp³-hybridized carbons (Fsp3) is 0.500. The van der Waals surface area contributed by atoms with Crippen molar-refractivity contribution in [2.24, 2.45) is 17.3 Å². The predicted molar refractivity (Wildman–Crippen MR) is 120 cm³/mol. The molecule has 2 heterocycles. The number of rotatable bonds is 7. The van der Waals surface area contributed by atoms with E-state index in [2.05, 4.69) is 77.4 Å². The highest BCUT2D eigenvalue weighted by molar-refractivity contribution is 5.77. The van der Waals surface area contributed by atoms with Gasteiger partial charge >= 0.3 is 5.97 Å². The predicted octanol–water partition coefficient (Wildman–Crippen LogP) is 4.21. The first-order valence-corrected chi connectivity index (χ1v) is 11.3.